The van der Waals surface area contributed by atoms with Gasteiger partial charge in [0.05, 0.1) is 26.3 Å². The number of halogens is 2. The van der Waals surface area contributed by atoms with Gasteiger partial charge in [0.2, 0.25) is 0 Å². The molecule has 0 saturated heterocycles. The zero-order valence-electron chi connectivity index (χ0n) is 60.2. The molecule has 20 heteroatoms. The summed E-state index contributed by atoms with van der Waals surface area (Å²) in [6, 6.07) is 67.2. The van der Waals surface area contributed by atoms with Gasteiger partial charge in [-0.1, -0.05) is 182 Å². The van der Waals surface area contributed by atoms with Crippen molar-refractivity contribution in [2.45, 2.75) is 40.2 Å². The highest BCUT2D eigenvalue weighted by molar-refractivity contribution is 7.12. The predicted octanol–water partition coefficient (Wildman–Crippen LogP) is 20.4. The Bertz CT molecular complexity index is 4280. The van der Waals surface area contributed by atoms with Crippen LogP contribution in [0.25, 0.3) is 0 Å². The fraction of sp³-hybridized carbons (Fsp3) is 0.128. The van der Waals surface area contributed by atoms with Gasteiger partial charge in [0.1, 0.15) is 0 Å². The number of carbonyl (C=O) groups is 7. The molecule has 0 saturated carbocycles. The second-order valence-corrected chi connectivity index (χ2v) is 25.6. The normalized spacial score (nSPS) is 10.5. The van der Waals surface area contributed by atoms with Gasteiger partial charge in [0, 0.05) is 182 Å². The van der Waals surface area contributed by atoms with E-state index in [4.69, 9.17) is 23.2 Å². The van der Waals surface area contributed by atoms with Crippen molar-refractivity contribution >= 4 is 120 Å². The number of ketones is 7. The molecule has 0 radical (unpaired) electrons. The monoisotopic (exact) mass is 1510 g/mol. The average Bonchev–Trinajstić information content (AvgIpc) is 1.21. The Hall–Kier alpha value is -11.5. The van der Waals surface area contributed by atoms with Crippen LogP contribution in [0.4, 0.5) is 22.7 Å². The maximum Gasteiger partial charge on any atom is 0.197 e. The number of para-hydroxylation sites is 2. The molecule has 10 rings (SSSR count). The fourth-order valence-corrected chi connectivity index (χ4v) is 10.3. The summed E-state index contributed by atoms with van der Waals surface area (Å²) < 4.78 is 0. The van der Waals surface area contributed by atoms with Gasteiger partial charge >= 0.3 is 0 Å². The zero-order chi connectivity index (χ0) is 76.8. The van der Waals surface area contributed by atoms with Gasteiger partial charge < -0.3 is 42.1 Å². The van der Waals surface area contributed by atoms with Gasteiger partial charge in [-0.15, -0.1) is 11.3 Å². The van der Waals surface area contributed by atoms with Gasteiger partial charge in [-0.2, -0.15) is 22.7 Å². The van der Waals surface area contributed by atoms with Gasteiger partial charge in [0.25, 0.3) is 0 Å². The first-order valence-electron chi connectivity index (χ1n) is 33.6. The summed E-state index contributed by atoms with van der Waals surface area (Å²) in [5.74, 6) is 0.0865. The first-order valence-corrected chi connectivity index (χ1v) is 37.2. The van der Waals surface area contributed by atoms with E-state index in [2.05, 4.69) is 44.1 Å². The van der Waals surface area contributed by atoms with E-state index in [0.29, 0.717) is 32.8 Å². The molecule has 15 nitrogen and oxygen atoms in total. The summed E-state index contributed by atoms with van der Waals surface area (Å²) in [5.41, 5.74) is 7.96. The van der Waals surface area contributed by atoms with Crippen molar-refractivity contribution in [3.05, 3.63) is 380 Å². The standard InChI is InChI=1S/C15H16N2OS.2C13H10ClNOS.2C12H15NO.C11H13NO.C10H11NO/c1-17(2)14-5-3-13(4-6-14)16-9-7-15(18)12-8-10-19-11-12;14-10-4-1-2-5-11(10)15-8-7-12(16)13-6-3-9-17-13;14-11-3-1-2-4-12(11)15-7-5-13(16)10-6-8-17-9-10;1-10(2)13-9-8-12(14)11-6-4-3-5-7-11;1-2-9-13-10-8-12(14)11-6-4-3-5-7-11;1-2-12-9-8-11(13)10-6-4-3-5-7-10;1-11-8-7-10(12)9-5-3-2-4-6-9/h3-11,16H,1-2H3;2*1-9,15H;3-10,13H,1-2H3;3-8,10,13H,2,9H2,1H3;3-9,12H,2H2,1H3;2-8,11H,1H3/b9-7-;8-7-;7-5-;9-8-;10-8-;9-8-;8-7-. The first-order chi connectivity index (χ1) is 51.4. The Morgan fingerprint density at radius 3 is 1.14 bits per heavy atom. The predicted molar refractivity (Wildman–Crippen MR) is 447 cm³/mol. The summed E-state index contributed by atoms with van der Waals surface area (Å²) in [6.07, 6.45) is 23.3. The lowest BCUT2D eigenvalue weighted by atomic mass is 10.1. The van der Waals surface area contributed by atoms with E-state index in [1.807, 2.05) is 237 Å². The summed E-state index contributed by atoms with van der Waals surface area (Å²) in [4.78, 5) is 83.4. The van der Waals surface area contributed by atoms with E-state index in [-0.39, 0.29) is 40.5 Å². The molecule has 548 valence electrons. The molecule has 0 atom stereocenters. The molecule has 0 aliphatic heterocycles. The Labute approximate surface area is 645 Å². The highest BCUT2D eigenvalue weighted by Crippen LogP contribution is 2.22. The second kappa shape index (κ2) is 53.3. The van der Waals surface area contributed by atoms with Gasteiger partial charge in [0.15, 0.2) is 40.5 Å². The average molecular weight is 1510 g/mol. The minimum atomic E-state index is -0.0224. The minimum Gasteiger partial charge on any atom is -0.394 e. The van der Waals surface area contributed by atoms with E-state index in [9.17, 15) is 33.6 Å². The van der Waals surface area contributed by atoms with Crippen LogP contribution in [0.15, 0.2) is 331 Å². The summed E-state index contributed by atoms with van der Waals surface area (Å²) in [5, 5.41) is 31.4. The maximum absolute atomic E-state index is 11.7. The van der Waals surface area contributed by atoms with Crippen LogP contribution in [0, 0.1) is 0 Å². The molecule has 3 aromatic heterocycles. The lowest BCUT2D eigenvalue weighted by molar-refractivity contribution is 0.103. The SMILES string of the molecule is CC(C)N/C=C\C(=O)c1ccccc1.CCCN/C=C\C(=O)c1ccccc1.CCN/C=C\C(=O)c1ccccc1.CN(C)c1ccc(N/C=C\C(=O)c2ccsc2)cc1.CN/C=C\C(=O)c1ccccc1.O=C(/C=C\Nc1ccccc1Cl)c1cccs1.O=C(/C=C\Nc1ccccc1Cl)c1ccsc1. The highest BCUT2D eigenvalue weighted by atomic mass is 35.5. The van der Waals surface area contributed by atoms with Crippen molar-refractivity contribution in [3.63, 3.8) is 0 Å². The molecule has 7 aromatic carbocycles. The lowest BCUT2D eigenvalue weighted by Gasteiger charge is -2.12. The van der Waals surface area contributed by atoms with Crippen molar-refractivity contribution in [1.29, 1.82) is 0 Å². The topological polar surface area (TPSA) is 207 Å². The van der Waals surface area contributed by atoms with Crippen LogP contribution >= 0.6 is 57.2 Å². The van der Waals surface area contributed by atoms with Crippen molar-refractivity contribution in [1.82, 2.24) is 21.3 Å². The van der Waals surface area contributed by atoms with Crippen LogP contribution in [0.3, 0.4) is 0 Å². The van der Waals surface area contributed by atoms with Crippen molar-refractivity contribution < 1.29 is 33.6 Å². The van der Waals surface area contributed by atoms with Crippen LogP contribution in [0.2, 0.25) is 10.0 Å². The number of nitrogens with zero attached hydrogens (tertiary/aromatic N) is 1. The molecule has 0 fully saturated rings. The highest BCUT2D eigenvalue weighted by Gasteiger charge is 2.06. The third-order valence-corrected chi connectivity index (χ3v) is 16.5. The molecule has 0 bridgehead atoms. The molecule has 0 aliphatic carbocycles. The van der Waals surface area contributed by atoms with Crippen LogP contribution in [0.5, 0.6) is 0 Å². The molecule has 0 unspecified atom stereocenters. The number of nitrogens with one attached hydrogen (secondary N) is 7. The maximum atomic E-state index is 11.7. The van der Waals surface area contributed by atoms with Crippen molar-refractivity contribution in [3.8, 4) is 0 Å². The third kappa shape index (κ3) is 37.1. The number of carbonyl (C=O) groups excluding carboxylic acids is 7. The number of hydrogen-bond acceptors (Lipinski definition) is 18. The summed E-state index contributed by atoms with van der Waals surface area (Å²) >= 11 is 16.4. The van der Waals surface area contributed by atoms with Crippen LogP contribution in [0.1, 0.15) is 106 Å². The molecule has 0 amide bonds. The van der Waals surface area contributed by atoms with Gasteiger partial charge in [-0.3, -0.25) is 33.6 Å². The smallest absolute Gasteiger partial charge is 0.197 e. The number of benzene rings is 7. The van der Waals surface area contributed by atoms with Gasteiger partial charge in [-0.05, 0) is 110 Å². The van der Waals surface area contributed by atoms with E-state index in [0.717, 1.165) is 63.8 Å². The molecule has 10 aromatic rings. The van der Waals surface area contributed by atoms with E-state index < -0.39 is 0 Å². The van der Waals surface area contributed by atoms with E-state index in [1.54, 1.807) is 123 Å². The largest absolute Gasteiger partial charge is 0.394 e. The zero-order valence-corrected chi connectivity index (χ0v) is 64.2. The number of thiophene rings is 3. The molecular weight excluding hydrogens is 1420 g/mol. The number of hydrogen-bond donors (Lipinski definition) is 7. The summed E-state index contributed by atoms with van der Waals surface area (Å²) in [6.45, 7) is 9.85. The van der Waals surface area contributed by atoms with E-state index >= 15 is 0 Å². The quantitative estimate of drug-likeness (QED) is 0.0132. The summed E-state index contributed by atoms with van der Waals surface area (Å²) in [7, 11) is 5.76. The minimum absolute atomic E-state index is 0.0126. The Kier molecular flexibility index (Phi) is 43.7. The molecule has 7 N–H and O–H groups in total. The number of rotatable bonds is 29. The molecule has 3 heterocycles. The molecule has 0 spiro atoms. The Morgan fingerprint density at radius 1 is 0.396 bits per heavy atom. The van der Waals surface area contributed by atoms with Crippen molar-refractivity contribution in [2.24, 2.45) is 0 Å². The lowest BCUT2D eigenvalue weighted by Crippen LogP contribution is -2.15. The third-order valence-electron chi connectivity index (χ3n) is 13.5. The number of allylic oxidation sites excluding steroid dienone is 7. The van der Waals surface area contributed by atoms with E-state index in [1.165, 1.54) is 52.2 Å². The molecular formula is C86H90Cl2N8O7S3. The Morgan fingerprint density at radius 2 is 0.774 bits per heavy atom. The van der Waals surface area contributed by atoms with Crippen LogP contribution < -0.4 is 42.1 Å². The number of anilines is 4. The second-order valence-electron chi connectivity index (χ2n) is 22.3. The van der Waals surface area contributed by atoms with Gasteiger partial charge in [-0.25, -0.2) is 0 Å². The fourth-order valence-electron chi connectivity index (χ4n) is 8.03. The Balaban J connectivity index is 0.000000263. The van der Waals surface area contributed by atoms with Crippen LogP contribution in [-0.2, 0) is 0 Å². The first kappa shape index (κ1) is 86.9. The van der Waals surface area contributed by atoms with Crippen LogP contribution in [-0.4, -0.2) is 80.8 Å². The van der Waals surface area contributed by atoms with Crippen molar-refractivity contribution in [2.75, 3.05) is 55.1 Å². The molecule has 0 aliphatic rings. The molecule has 106 heavy (non-hydrogen) atoms.